The van der Waals surface area contributed by atoms with E-state index in [1.807, 2.05) is 12.1 Å². The molecule has 24 heavy (non-hydrogen) atoms. The van der Waals surface area contributed by atoms with Crippen LogP contribution in [0.1, 0.15) is 17.9 Å². The first-order chi connectivity index (χ1) is 11.6. The van der Waals surface area contributed by atoms with Crippen LogP contribution in [0, 0.1) is 12.7 Å². The Morgan fingerprint density at radius 3 is 2.67 bits per heavy atom. The van der Waals surface area contributed by atoms with Gasteiger partial charge >= 0.3 is 0 Å². The third-order valence-corrected chi connectivity index (χ3v) is 3.47. The smallest absolute Gasteiger partial charge is 0.247 e. The molecule has 0 atom stereocenters. The van der Waals surface area contributed by atoms with Gasteiger partial charge in [0.05, 0.1) is 0 Å². The van der Waals surface area contributed by atoms with Crippen LogP contribution in [0.3, 0.4) is 0 Å². The highest BCUT2D eigenvalue weighted by Gasteiger charge is 2.08. The lowest BCUT2D eigenvalue weighted by atomic mass is 10.1. The molecule has 0 fully saturated rings. The van der Waals surface area contributed by atoms with E-state index < -0.39 is 0 Å². The van der Waals surface area contributed by atoms with Crippen LogP contribution < -0.4 is 5.32 Å². The molecular formula is C18H16FN3O2. The third kappa shape index (κ3) is 4.04. The molecule has 0 aliphatic heterocycles. The monoisotopic (exact) mass is 325 g/mol. The molecule has 1 heterocycles. The summed E-state index contributed by atoms with van der Waals surface area (Å²) in [6.45, 7) is 1.72. The van der Waals surface area contributed by atoms with Gasteiger partial charge in [-0.2, -0.15) is 0 Å². The number of hydrogen-bond acceptors (Lipinski definition) is 4. The van der Waals surface area contributed by atoms with Crippen molar-refractivity contribution in [3.8, 4) is 11.5 Å². The quantitative estimate of drug-likeness (QED) is 0.775. The van der Waals surface area contributed by atoms with E-state index >= 15 is 0 Å². The molecule has 3 rings (SSSR count). The van der Waals surface area contributed by atoms with Crippen LogP contribution in [-0.4, -0.2) is 16.1 Å². The summed E-state index contributed by atoms with van der Waals surface area (Å²) in [7, 11) is 0. The van der Waals surface area contributed by atoms with E-state index in [-0.39, 0.29) is 11.7 Å². The number of aryl methyl sites for hydroxylation is 2. The van der Waals surface area contributed by atoms with Crippen molar-refractivity contribution in [2.24, 2.45) is 0 Å². The Kier molecular flexibility index (Phi) is 4.65. The predicted octanol–water partition coefficient (Wildman–Crippen LogP) is 3.76. The van der Waals surface area contributed by atoms with Crippen molar-refractivity contribution in [2.45, 2.75) is 19.8 Å². The lowest BCUT2D eigenvalue weighted by Crippen LogP contribution is -2.12. The molecule has 0 spiro atoms. The Balaban J connectivity index is 1.61. The first-order valence-corrected chi connectivity index (χ1v) is 7.55. The maximum atomic E-state index is 12.9. The van der Waals surface area contributed by atoms with Crippen LogP contribution >= 0.6 is 0 Å². The van der Waals surface area contributed by atoms with E-state index in [9.17, 15) is 9.18 Å². The molecule has 3 aromatic rings. The normalized spacial score (nSPS) is 10.6. The maximum absolute atomic E-state index is 12.9. The largest absolute Gasteiger partial charge is 0.421 e. The minimum atomic E-state index is -0.281. The average Bonchev–Trinajstić information content (AvgIpc) is 3.01. The van der Waals surface area contributed by atoms with E-state index in [1.165, 1.54) is 12.1 Å². The summed E-state index contributed by atoms with van der Waals surface area (Å²) >= 11 is 0. The van der Waals surface area contributed by atoms with Gasteiger partial charge in [-0.25, -0.2) is 4.39 Å². The van der Waals surface area contributed by atoms with Crippen LogP contribution in [0.4, 0.5) is 10.1 Å². The minimum Gasteiger partial charge on any atom is -0.421 e. The van der Waals surface area contributed by atoms with Crippen molar-refractivity contribution in [1.29, 1.82) is 0 Å². The average molecular weight is 325 g/mol. The number of carbonyl (C=O) groups is 1. The van der Waals surface area contributed by atoms with Gasteiger partial charge in [-0.15, -0.1) is 10.2 Å². The molecule has 2 aromatic carbocycles. The molecule has 1 amide bonds. The Morgan fingerprint density at radius 1 is 1.17 bits per heavy atom. The molecule has 1 N–H and O–H groups in total. The fourth-order valence-electron chi connectivity index (χ4n) is 2.28. The first kappa shape index (κ1) is 15.9. The van der Waals surface area contributed by atoms with E-state index in [0.29, 0.717) is 30.3 Å². The zero-order valence-electron chi connectivity index (χ0n) is 13.1. The number of hydrogen-bond donors (Lipinski definition) is 1. The number of anilines is 1. The molecule has 0 saturated carbocycles. The number of nitrogens with one attached hydrogen (secondary N) is 1. The Hall–Kier alpha value is -3.02. The molecule has 0 aliphatic rings. The Bertz CT molecular complexity index is 843. The standard InChI is InChI=1S/C18H16FN3O2/c1-12-21-22-18(24-12)14-3-2-4-16(11-14)20-17(23)10-7-13-5-8-15(19)9-6-13/h2-6,8-9,11H,7,10H2,1H3,(H,20,23). The molecule has 0 radical (unpaired) electrons. The van der Waals surface area contributed by atoms with Crippen molar-refractivity contribution in [3.63, 3.8) is 0 Å². The van der Waals surface area contributed by atoms with Gasteiger partial charge in [0.2, 0.25) is 17.7 Å². The lowest BCUT2D eigenvalue weighted by Gasteiger charge is -2.06. The van der Waals surface area contributed by atoms with E-state index in [1.54, 1.807) is 31.2 Å². The summed E-state index contributed by atoms with van der Waals surface area (Å²) in [6.07, 6.45) is 0.865. The van der Waals surface area contributed by atoms with Gasteiger partial charge in [-0.05, 0) is 42.3 Å². The molecule has 122 valence electrons. The zero-order valence-corrected chi connectivity index (χ0v) is 13.1. The minimum absolute atomic E-state index is 0.113. The summed E-state index contributed by atoms with van der Waals surface area (Å²) in [5, 5.41) is 10.6. The lowest BCUT2D eigenvalue weighted by molar-refractivity contribution is -0.116. The van der Waals surface area contributed by atoms with E-state index in [0.717, 1.165) is 11.1 Å². The van der Waals surface area contributed by atoms with E-state index in [2.05, 4.69) is 15.5 Å². The number of carbonyl (C=O) groups excluding carboxylic acids is 1. The Labute approximate surface area is 138 Å². The number of rotatable bonds is 5. The van der Waals surface area contributed by atoms with E-state index in [4.69, 9.17) is 4.42 Å². The number of aromatic nitrogens is 2. The highest BCUT2D eigenvalue weighted by atomic mass is 19.1. The van der Waals surface area contributed by atoms with Crippen molar-refractivity contribution < 1.29 is 13.6 Å². The third-order valence-electron chi connectivity index (χ3n) is 3.47. The fraction of sp³-hybridized carbons (Fsp3) is 0.167. The van der Waals surface area contributed by atoms with Crippen molar-refractivity contribution >= 4 is 11.6 Å². The second-order valence-electron chi connectivity index (χ2n) is 5.38. The molecule has 6 heteroatoms. The summed E-state index contributed by atoms with van der Waals surface area (Å²) in [6, 6.07) is 13.4. The zero-order chi connectivity index (χ0) is 16.9. The highest BCUT2D eigenvalue weighted by Crippen LogP contribution is 2.21. The fourth-order valence-corrected chi connectivity index (χ4v) is 2.28. The molecule has 0 bridgehead atoms. The van der Waals surface area contributed by atoms with Crippen LogP contribution in [0.15, 0.2) is 52.9 Å². The molecule has 0 unspecified atom stereocenters. The Morgan fingerprint density at radius 2 is 1.96 bits per heavy atom. The molecule has 0 saturated heterocycles. The van der Waals surface area contributed by atoms with Crippen molar-refractivity contribution in [3.05, 3.63) is 65.8 Å². The van der Waals surface area contributed by atoms with Gasteiger partial charge in [-0.1, -0.05) is 18.2 Å². The van der Waals surface area contributed by atoms with Crippen LogP contribution in [0.5, 0.6) is 0 Å². The van der Waals surface area contributed by atoms with Gasteiger partial charge in [0, 0.05) is 24.6 Å². The number of nitrogens with zero attached hydrogens (tertiary/aromatic N) is 2. The number of benzene rings is 2. The SMILES string of the molecule is Cc1nnc(-c2cccc(NC(=O)CCc3ccc(F)cc3)c2)o1. The summed E-state index contributed by atoms with van der Waals surface area (Å²) in [5.74, 6) is 0.503. The molecule has 5 nitrogen and oxygen atoms in total. The highest BCUT2D eigenvalue weighted by molar-refractivity contribution is 5.91. The summed E-state index contributed by atoms with van der Waals surface area (Å²) in [4.78, 5) is 12.1. The topological polar surface area (TPSA) is 68.0 Å². The van der Waals surface area contributed by atoms with Gasteiger partial charge in [0.25, 0.3) is 0 Å². The number of amides is 1. The maximum Gasteiger partial charge on any atom is 0.247 e. The molecule has 1 aromatic heterocycles. The van der Waals surface area contributed by atoms with Gasteiger partial charge in [0.15, 0.2) is 0 Å². The summed E-state index contributed by atoms with van der Waals surface area (Å²) in [5.41, 5.74) is 2.32. The van der Waals surface area contributed by atoms with Crippen LogP contribution in [0.25, 0.3) is 11.5 Å². The number of halogens is 1. The summed E-state index contributed by atoms with van der Waals surface area (Å²) < 4.78 is 18.2. The van der Waals surface area contributed by atoms with Crippen molar-refractivity contribution in [1.82, 2.24) is 10.2 Å². The van der Waals surface area contributed by atoms with Gasteiger partial charge in [-0.3, -0.25) is 4.79 Å². The molecule has 0 aliphatic carbocycles. The van der Waals surface area contributed by atoms with Gasteiger partial charge < -0.3 is 9.73 Å². The first-order valence-electron chi connectivity index (χ1n) is 7.55. The van der Waals surface area contributed by atoms with Gasteiger partial charge in [0.1, 0.15) is 5.82 Å². The second-order valence-corrected chi connectivity index (χ2v) is 5.38. The second kappa shape index (κ2) is 7.04. The van der Waals surface area contributed by atoms with Crippen LogP contribution in [0.2, 0.25) is 0 Å². The van der Waals surface area contributed by atoms with Crippen LogP contribution in [-0.2, 0) is 11.2 Å². The predicted molar refractivity (Wildman–Crippen MR) is 87.8 cm³/mol. The van der Waals surface area contributed by atoms with Crippen molar-refractivity contribution in [2.75, 3.05) is 5.32 Å². The molecular weight excluding hydrogens is 309 g/mol.